The molecule has 0 bridgehead atoms. The highest BCUT2D eigenvalue weighted by molar-refractivity contribution is 6.42. The molecule has 86 valence electrons. The fourth-order valence-corrected chi connectivity index (χ4v) is 1.01. The molecule has 0 aliphatic rings. The number of hydrogen-bond donors (Lipinski definition) is 3. The van der Waals surface area contributed by atoms with Crippen molar-refractivity contribution in [2.24, 2.45) is 0 Å². The van der Waals surface area contributed by atoms with Crippen molar-refractivity contribution in [3.05, 3.63) is 18.0 Å². The van der Waals surface area contributed by atoms with Crippen LogP contribution in [-0.4, -0.2) is 32.9 Å². The van der Waals surface area contributed by atoms with E-state index in [0.29, 0.717) is 0 Å². The SMILES string of the molecule is CC(C)NC(=O)C(=O)c1cc(O)c(O)cn1. The second-order valence-electron chi connectivity index (χ2n) is 3.52. The Hall–Kier alpha value is -2.11. The van der Waals surface area contributed by atoms with E-state index in [4.69, 9.17) is 10.2 Å². The van der Waals surface area contributed by atoms with Gasteiger partial charge in [-0.1, -0.05) is 0 Å². The molecule has 1 amide bonds. The molecule has 0 aliphatic heterocycles. The van der Waals surface area contributed by atoms with Gasteiger partial charge in [-0.3, -0.25) is 9.59 Å². The van der Waals surface area contributed by atoms with Gasteiger partial charge in [0.1, 0.15) is 5.69 Å². The third-order valence-electron chi connectivity index (χ3n) is 1.72. The summed E-state index contributed by atoms with van der Waals surface area (Å²) in [5, 5.41) is 20.5. The molecule has 1 aromatic heterocycles. The van der Waals surface area contributed by atoms with E-state index < -0.39 is 23.2 Å². The molecule has 0 fully saturated rings. The first-order valence-electron chi connectivity index (χ1n) is 4.65. The third kappa shape index (κ3) is 2.69. The second kappa shape index (κ2) is 4.61. The molecule has 1 aromatic rings. The highest BCUT2D eigenvalue weighted by atomic mass is 16.3. The van der Waals surface area contributed by atoms with Gasteiger partial charge in [-0.2, -0.15) is 0 Å². The first-order valence-corrected chi connectivity index (χ1v) is 4.65. The Morgan fingerprint density at radius 1 is 1.31 bits per heavy atom. The van der Waals surface area contributed by atoms with Crippen LogP contribution in [0.5, 0.6) is 11.5 Å². The molecule has 6 nitrogen and oxygen atoms in total. The van der Waals surface area contributed by atoms with E-state index in [1.54, 1.807) is 13.8 Å². The number of aromatic nitrogens is 1. The van der Waals surface area contributed by atoms with Gasteiger partial charge in [0.05, 0.1) is 6.20 Å². The lowest BCUT2D eigenvalue weighted by Gasteiger charge is -2.07. The lowest BCUT2D eigenvalue weighted by molar-refractivity contribution is -0.117. The Morgan fingerprint density at radius 2 is 1.94 bits per heavy atom. The van der Waals surface area contributed by atoms with E-state index in [1.807, 2.05) is 0 Å². The number of nitrogens with zero attached hydrogens (tertiary/aromatic N) is 1. The summed E-state index contributed by atoms with van der Waals surface area (Å²) in [5.74, 6) is -2.59. The Bertz CT molecular complexity index is 429. The van der Waals surface area contributed by atoms with Gasteiger partial charge in [-0.15, -0.1) is 0 Å². The average Bonchev–Trinajstić information content (AvgIpc) is 2.20. The molecular weight excluding hydrogens is 212 g/mol. The topological polar surface area (TPSA) is 99.5 Å². The Labute approximate surface area is 91.9 Å². The number of hydrogen-bond acceptors (Lipinski definition) is 5. The molecule has 0 atom stereocenters. The third-order valence-corrected chi connectivity index (χ3v) is 1.72. The van der Waals surface area contributed by atoms with Crippen molar-refractivity contribution in [3.63, 3.8) is 0 Å². The minimum atomic E-state index is -0.857. The molecule has 0 saturated heterocycles. The van der Waals surface area contributed by atoms with E-state index in [2.05, 4.69) is 10.3 Å². The largest absolute Gasteiger partial charge is 0.504 e. The summed E-state index contributed by atoms with van der Waals surface area (Å²) < 4.78 is 0. The van der Waals surface area contributed by atoms with Crippen LogP contribution >= 0.6 is 0 Å². The van der Waals surface area contributed by atoms with Crippen LogP contribution in [0.15, 0.2) is 12.3 Å². The van der Waals surface area contributed by atoms with Gasteiger partial charge in [0, 0.05) is 12.1 Å². The number of rotatable bonds is 3. The zero-order valence-corrected chi connectivity index (χ0v) is 8.89. The van der Waals surface area contributed by atoms with Crippen LogP contribution in [0.2, 0.25) is 0 Å². The molecule has 1 heterocycles. The fraction of sp³-hybridized carbons (Fsp3) is 0.300. The minimum absolute atomic E-state index is 0.165. The van der Waals surface area contributed by atoms with Gasteiger partial charge in [-0.05, 0) is 13.8 Å². The van der Waals surface area contributed by atoms with Gasteiger partial charge < -0.3 is 15.5 Å². The maximum atomic E-state index is 11.5. The lowest BCUT2D eigenvalue weighted by Crippen LogP contribution is -2.36. The predicted octanol–water partition coefficient (Wildman–Crippen LogP) is 0.200. The van der Waals surface area contributed by atoms with Crippen LogP contribution in [0.3, 0.4) is 0 Å². The molecule has 16 heavy (non-hydrogen) atoms. The summed E-state index contributed by atoms with van der Waals surface area (Å²) in [6.45, 7) is 3.43. The Morgan fingerprint density at radius 3 is 2.44 bits per heavy atom. The normalized spacial score (nSPS) is 10.2. The molecule has 0 unspecified atom stereocenters. The fourth-order valence-electron chi connectivity index (χ4n) is 1.01. The number of ketones is 1. The van der Waals surface area contributed by atoms with E-state index in [9.17, 15) is 9.59 Å². The minimum Gasteiger partial charge on any atom is -0.504 e. The first-order chi connectivity index (χ1) is 7.41. The molecule has 0 aromatic carbocycles. The average molecular weight is 224 g/mol. The summed E-state index contributed by atoms with van der Waals surface area (Å²) in [6.07, 6.45) is 0.908. The van der Waals surface area contributed by atoms with Gasteiger partial charge in [-0.25, -0.2) is 4.98 Å². The number of carbonyl (C=O) groups excluding carboxylic acids is 2. The molecule has 6 heteroatoms. The van der Waals surface area contributed by atoms with Crippen molar-refractivity contribution in [1.82, 2.24) is 10.3 Å². The molecular formula is C10H12N2O4. The van der Waals surface area contributed by atoms with Crippen molar-refractivity contribution in [3.8, 4) is 11.5 Å². The van der Waals surface area contributed by atoms with Gasteiger partial charge in [0.15, 0.2) is 11.5 Å². The molecule has 0 radical (unpaired) electrons. The number of carbonyl (C=O) groups is 2. The summed E-state index contributed by atoms with van der Waals surface area (Å²) in [7, 11) is 0. The van der Waals surface area contributed by atoms with Crippen LogP contribution in [-0.2, 0) is 4.79 Å². The van der Waals surface area contributed by atoms with Gasteiger partial charge in [0.2, 0.25) is 0 Å². The van der Waals surface area contributed by atoms with Crippen LogP contribution in [0.25, 0.3) is 0 Å². The number of amides is 1. The maximum Gasteiger partial charge on any atom is 0.294 e. The van der Waals surface area contributed by atoms with Crippen LogP contribution < -0.4 is 5.32 Å². The van der Waals surface area contributed by atoms with Crippen molar-refractivity contribution in [2.75, 3.05) is 0 Å². The Kier molecular flexibility index (Phi) is 3.44. The zero-order valence-electron chi connectivity index (χ0n) is 8.89. The van der Waals surface area contributed by atoms with Crippen LogP contribution in [0.1, 0.15) is 24.3 Å². The van der Waals surface area contributed by atoms with Crippen LogP contribution in [0.4, 0.5) is 0 Å². The predicted molar refractivity (Wildman–Crippen MR) is 55.2 cm³/mol. The lowest BCUT2D eigenvalue weighted by atomic mass is 10.2. The number of Topliss-reactive ketones (excluding diaryl/α,β-unsaturated/α-hetero) is 1. The molecule has 3 N–H and O–H groups in total. The van der Waals surface area contributed by atoms with Crippen molar-refractivity contribution in [2.45, 2.75) is 19.9 Å². The summed E-state index contributed by atoms with van der Waals surface area (Å²) in [5.41, 5.74) is -0.214. The summed E-state index contributed by atoms with van der Waals surface area (Å²) >= 11 is 0. The smallest absolute Gasteiger partial charge is 0.294 e. The summed E-state index contributed by atoms with van der Waals surface area (Å²) in [4.78, 5) is 26.3. The van der Waals surface area contributed by atoms with Crippen molar-refractivity contribution < 1.29 is 19.8 Å². The quantitative estimate of drug-likeness (QED) is 0.503. The standard InChI is InChI=1S/C10H12N2O4/c1-5(2)12-10(16)9(15)6-3-7(13)8(14)4-11-6/h3-5,14H,1-2H3,(H,11,13)(H,12,16). The van der Waals surface area contributed by atoms with E-state index in [1.165, 1.54) is 0 Å². The van der Waals surface area contributed by atoms with Crippen LogP contribution in [0, 0.1) is 0 Å². The maximum absolute atomic E-state index is 11.5. The van der Waals surface area contributed by atoms with E-state index >= 15 is 0 Å². The zero-order chi connectivity index (χ0) is 12.3. The molecule has 0 saturated carbocycles. The number of aromatic hydroxyl groups is 2. The summed E-state index contributed by atoms with van der Waals surface area (Å²) in [6, 6.07) is 0.777. The molecule has 1 rings (SSSR count). The first kappa shape index (κ1) is 12.0. The number of pyridine rings is 1. The molecule has 0 spiro atoms. The van der Waals surface area contributed by atoms with Gasteiger partial charge in [0.25, 0.3) is 11.7 Å². The van der Waals surface area contributed by atoms with Crippen molar-refractivity contribution >= 4 is 11.7 Å². The van der Waals surface area contributed by atoms with E-state index in [0.717, 1.165) is 12.3 Å². The van der Waals surface area contributed by atoms with Gasteiger partial charge >= 0.3 is 0 Å². The number of nitrogens with one attached hydrogen (secondary N) is 1. The molecule has 0 aliphatic carbocycles. The second-order valence-corrected chi connectivity index (χ2v) is 3.52. The Balaban J connectivity index is 2.88. The monoisotopic (exact) mass is 224 g/mol. The van der Waals surface area contributed by atoms with E-state index in [-0.39, 0.29) is 11.7 Å². The highest BCUT2D eigenvalue weighted by Crippen LogP contribution is 2.22. The van der Waals surface area contributed by atoms with Crippen molar-refractivity contribution in [1.29, 1.82) is 0 Å². The highest BCUT2D eigenvalue weighted by Gasteiger charge is 2.19.